The van der Waals surface area contributed by atoms with Crippen LogP contribution in [0.1, 0.15) is 48.5 Å². The molecule has 1 aliphatic carbocycles. The standard InChI is InChI=1S/C22H22ClN5O2S/c1-13-14(2)28(17-8-3-4-9-17)20(18(13)11-24)25-19(29)12-31-22-27-26-21(30-22)15-6-5-7-16(23)10-15/h5-7,10,17H,3-4,8-9,12H2,1-2H3,(H,25,29). The normalized spacial score (nSPS) is 14.0. The fourth-order valence-corrected chi connectivity index (χ4v) is 4.76. The van der Waals surface area contributed by atoms with E-state index in [-0.39, 0.29) is 11.7 Å². The van der Waals surface area contributed by atoms with Crippen molar-refractivity contribution in [2.75, 3.05) is 11.1 Å². The van der Waals surface area contributed by atoms with Gasteiger partial charge in [0.15, 0.2) is 0 Å². The summed E-state index contributed by atoms with van der Waals surface area (Å²) in [4.78, 5) is 12.7. The van der Waals surface area contributed by atoms with Crippen LogP contribution < -0.4 is 5.32 Å². The Balaban J connectivity index is 1.46. The zero-order valence-corrected chi connectivity index (χ0v) is 18.9. The number of nitriles is 1. The predicted molar refractivity (Wildman–Crippen MR) is 120 cm³/mol. The van der Waals surface area contributed by atoms with Crippen molar-refractivity contribution in [2.45, 2.75) is 50.8 Å². The van der Waals surface area contributed by atoms with Crippen molar-refractivity contribution < 1.29 is 9.21 Å². The fraction of sp³-hybridized carbons (Fsp3) is 0.364. The number of benzene rings is 1. The van der Waals surface area contributed by atoms with Gasteiger partial charge in [-0.25, -0.2) is 0 Å². The molecule has 160 valence electrons. The first-order chi connectivity index (χ1) is 15.0. The molecule has 31 heavy (non-hydrogen) atoms. The summed E-state index contributed by atoms with van der Waals surface area (Å²) in [5.74, 6) is 0.815. The molecule has 0 unspecified atom stereocenters. The Hall–Kier alpha value is -2.76. The molecule has 0 radical (unpaired) electrons. The van der Waals surface area contributed by atoms with Crippen molar-refractivity contribution >= 4 is 35.1 Å². The second-order valence-electron chi connectivity index (χ2n) is 7.57. The van der Waals surface area contributed by atoms with E-state index < -0.39 is 0 Å². The lowest BCUT2D eigenvalue weighted by atomic mass is 10.2. The Morgan fingerprint density at radius 3 is 2.84 bits per heavy atom. The Kier molecular flexibility index (Phi) is 6.35. The van der Waals surface area contributed by atoms with Gasteiger partial charge in [0.1, 0.15) is 11.9 Å². The van der Waals surface area contributed by atoms with Crippen LogP contribution in [-0.2, 0) is 4.79 Å². The van der Waals surface area contributed by atoms with Gasteiger partial charge in [-0.15, -0.1) is 10.2 Å². The van der Waals surface area contributed by atoms with Crippen LogP contribution in [-0.4, -0.2) is 26.4 Å². The Morgan fingerprint density at radius 1 is 1.35 bits per heavy atom. The summed E-state index contributed by atoms with van der Waals surface area (Å²) in [5.41, 5.74) is 3.20. The van der Waals surface area contributed by atoms with Gasteiger partial charge in [-0.3, -0.25) is 4.79 Å². The van der Waals surface area contributed by atoms with Crippen molar-refractivity contribution in [3.05, 3.63) is 46.1 Å². The van der Waals surface area contributed by atoms with Crippen LogP contribution in [0.2, 0.25) is 5.02 Å². The summed E-state index contributed by atoms with van der Waals surface area (Å²) in [6.45, 7) is 3.94. The number of anilines is 1. The molecule has 9 heteroatoms. The van der Waals surface area contributed by atoms with Crippen LogP contribution in [0, 0.1) is 25.2 Å². The molecule has 0 saturated heterocycles. The van der Waals surface area contributed by atoms with E-state index in [1.807, 2.05) is 19.9 Å². The highest BCUT2D eigenvalue weighted by Crippen LogP contribution is 2.37. The second-order valence-corrected chi connectivity index (χ2v) is 8.94. The first kappa shape index (κ1) is 21.5. The number of aromatic nitrogens is 3. The smallest absolute Gasteiger partial charge is 0.277 e. The van der Waals surface area contributed by atoms with Gasteiger partial charge in [0.25, 0.3) is 5.22 Å². The van der Waals surface area contributed by atoms with Crippen LogP contribution in [0.25, 0.3) is 11.5 Å². The van der Waals surface area contributed by atoms with Crippen LogP contribution in [0.5, 0.6) is 0 Å². The molecule has 1 fully saturated rings. The van der Waals surface area contributed by atoms with Crippen molar-refractivity contribution in [3.8, 4) is 17.5 Å². The molecular weight excluding hydrogens is 434 g/mol. The highest BCUT2D eigenvalue weighted by molar-refractivity contribution is 7.99. The number of halogens is 1. The summed E-state index contributed by atoms with van der Waals surface area (Å²) in [6, 6.07) is 9.71. The highest BCUT2D eigenvalue weighted by atomic mass is 35.5. The second kappa shape index (κ2) is 9.16. The maximum Gasteiger partial charge on any atom is 0.277 e. The molecule has 3 aromatic rings. The molecule has 1 N–H and O–H groups in total. The zero-order valence-electron chi connectivity index (χ0n) is 17.3. The first-order valence-electron chi connectivity index (χ1n) is 10.1. The molecule has 1 aromatic carbocycles. The third-order valence-corrected chi connectivity index (χ3v) is 6.67. The van der Waals surface area contributed by atoms with E-state index in [0.717, 1.165) is 41.4 Å². The number of amides is 1. The maximum absolute atomic E-state index is 12.7. The molecule has 1 aliphatic rings. The van der Waals surface area contributed by atoms with E-state index >= 15 is 0 Å². The van der Waals surface area contributed by atoms with Gasteiger partial charge in [-0.05, 0) is 50.5 Å². The van der Waals surface area contributed by atoms with E-state index in [9.17, 15) is 10.1 Å². The first-order valence-corrected chi connectivity index (χ1v) is 11.5. The number of hydrogen-bond donors (Lipinski definition) is 1. The molecular formula is C22H22ClN5O2S. The number of carbonyl (C=O) groups is 1. The average Bonchev–Trinajstić information content (AvgIpc) is 3.48. The highest BCUT2D eigenvalue weighted by Gasteiger charge is 2.26. The molecule has 0 bridgehead atoms. The number of nitrogens with one attached hydrogen (secondary N) is 1. The topological polar surface area (TPSA) is 96.7 Å². The number of hydrogen-bond acceptors (Lipinski definition) is 6. The van der Waals surface area contributed by atoms with Crippen molar-refractivity contribution in [1.29, 1.82) is 5.26 Å². The monoisotopic (exact) mass is 455 g/mol. The van der Waals surface area contributed by atoms with Gasteiger partial charge in [0, 0.05) is 22.3 Å². The summed E-state index contributed by atoms with van der Waals surface area (Å²) < 4.78 is 7.78. The summed E-state index contributed by atoms with van der Waals surface area (Å²) >= 11 is 7.16. The van der Waals surface area contributed by atoms with Gasteiger partial charge in [-0.2, -0.15) is 5.26 Å². The zero-order chi connectivity index (χ0) is 22.0. The minimum atomic E-state index is -0.222. The number of rotatable bonds is 6. The van der Waals surface area contributed by atoms with Crippen molar-refractivity contribution in [2.24, 2.45) is 0 Å². The van der Waals surface area contributed by atoms with Gasteiger partial charge in [-0.1, -0.05) is 42.3 Å². The van der Waals surface area contributed by atoms with Crippen molar-refractivity contribution in [3.63, 3.8) is 0 Å². The van der Waals surface area contributed by atoms with Gasteiger partial charge in [0.05, 0.1) is 11.3 Å². The fourth-order valence-electron chi connectivity index (χ4n) is 4.01. The third-order valence-electron chi connectivity index (χ3n) is 5.62. The van der Waals surface area contributed by atoms with Gasteiger partial charge in [0.2, 0.25) is 11.8 Å². The summed E-state index contributed by atoms with van der Waals surface area (Å²) in [7, 11) is 0. The molecule has 1 saturated carbocycles. The van der Waals surface area contributed by atoms with E-state index in [4.69, 9.17) is 16.0 Å². The molecule has 1 amide bonds. The average molecular weight is 456 g/mol. The summed E-state index contributed by atoms with van der Waals surface area (Å²) in [5, 5.41) is 21.5. The quantitative estimate of drug-likeness (QED) is 0.491. The third kappa shape index (κ3) is 4.48. The van der Waals surface area contributed by atoms with E-state index in [0.29, 0.717) is 33.6 Å². The summed E-state index contributed by atoms with van der Waals surface area (Å²) in [6.07, 6.45) is 4.45. The molecule has 0 atom stereocenters. The molecule has 0 spiro atoms. The SMILES string of the molecule is Cc1c(C#N)c(NC(=O)CSc2nnc(-c3cccc(Cl)c3)o2)n(C2CCCC2)c1C. The lowest BCUT2D eigenvalue weighted by Crippen LogP contribution is -2.19. The van der Waals surface area contributed by atoms with Crippen LogP contribution in [0.4, 0.5) is 5.82 Å². The van der Waals surface area contributed by atoms with E-state index in [1.54, 1.807) is 18.2 Å². The molecule has 0 aliphatic heterocycles. The molecule has 2 heterocycles. The minimum Gasteiger partial charge on any atom is -0.411 e. The van der Waals surface area contributed by atoms with Crippen LogP contribution >= 0.6 is 23.4 Å². The number of carbonyl (C=O) groups excluding carboxylic acids is 1. The molecule has 2 aromatic heterocycles. The van der Waals surface area contributed by atoms with Crippen LogP contribution in [0.3, 0.4) is 0 Å². The number of nitrogens with zero attached hydrogens (tertiary/aromatic N) is 4. The van der Waals surface area contributed by atoms with Gasteiger partial charge < -0.3 is 14.3 Å². The Morgan fingerprint density at radius 2 is 2.13 bits per heavy atom. The van der Waals surface area contributed by atoms with Crippen LogP contribution in [0.15, 0.2) is 33.9 Å². The Labute approximate surface area is 189 Å². The lowest BCUT2D eigenvalue weighted by molar-refractivity contribution is -0.113. The van der Waals surface area contributed by atoms with Crippen molar-refractivity contribution in [1.82, 2.24) is 14.8 Å². The molecule has 4 rings (SSSR count). The largest absolute Gasteiger partial charge is 0.411 e. The maximum atomic E-state index is 12.7. The number of thioether (sulfide) groups is 1. The lowest BCUT2D eigenvalue weighted by Gasteiger charge is -2.19. The predicted octanol–water partition coefficient (Wildman–Crippen LogP) is 5.53. The molecule has 7 nitrogen and oxygen atoms in total. The van der Waals surface area contributed by atoms with E-state index in [1.165, 1.54) is 12.8 Å². The van der Waals surface area contributed by atoms with E-state index in [2.05, 4.69) is 26.2 Å². The van der Waals surface area contributed by atoms with Gasteiger partial charge >= 0.3 is 0 Å². The Bertz CT molecular complexity index is 1160. The minimum absolute atomic E-state index is 0.0932.